The van der Waals surface area contributed by atoms with Crippen LogP contribution in [0.1, 0.15) is 25.3 Å². The minimum atomic E-state index is -3.42. The maximum Gasteiger partial charge on any atom is 0.260 e. The molecule has 100 valence electrons. The lowest BCUT2D eigenvalue weighted by Crippen LogP contribution is -2.27. The van der Waals surface area contributed by atoms with Crippen molar-refractivity contribution in [3.05, 3.63) is 23.9 Å². The molecule has 1 N–H and O–H groups in total. The van der Waals surface area contributed by atoms with E-state index >= 15 is 0 Å². The van der Waals surface area contributed by atoms with Crippen molar-refractivity contribution in [2.45, 2.75) is 37.4 Å². The highest BCUT2D eigenvalue weighted by molar-refractivity contribution is 7.89. The topological polar surface area (TPSA) is 62.3 Å². The summed E-state index contributed by atoms with van der Waals surface area (Å²) in [5.74, 6) is 0. The van der Waals surface area contributed by atoms with Gasteiger partial charge in [-0.1, -0.05) is 13.0 Å². The molecule has 0 aromatic carbocycles. The van der Waals surface area contributed by atoms with Crippen LogP contribution in [0.5, 0.6) is 0 Å². The largest absolute Gasteiger partial charge is 0.310 e. The molecule has 1 aliphatic rings. The van der Waals surface area contributed by atoms with Crippen molar-refractivity contribution >= 4 is 10.0 Å². The van der Waals surface area contributed by atoms with Crippen molar-refractivity contribution in [2.24, 2.45) is 0 Å². The third-order valence-electron chi connectivity index (χ3n) is 3.09. The monoisotopic (exact) mass is 269 g/mol. The fraction of sp³-hybridized carbons (Fsp3) is 0.583. The molecular weight excluding hydrogens is 250 g/mol. The highest BCUT2D eigenvalue weighted by Crippen LogP contribution is 2.19. The van der Waals surface area contributed by atoms with Crippen LogP contribution >= 0.6 is 0 Å². The summed E-state index contributed by atoms with van der Waals surface area (Å²) in [6, 6.07) is 4.03. The molecule has 0 aliphatic heterocycles. The Morgan fingerprint density at radius 2 is 2.17 bits per heavy atom. The zero-order valence-corrected chi connectivity index (χ0v) is 11.6. The van der Waals surface area contributed by atoms with E-state index in [9.17, 15) is 8.42 Å². The maximum atomic E-state index is 12.0. The first-order chi connectivity index (χ1) is 8.54. The predicted molar refractivity (Wildman–Crippen MR) is 69.6 cm³/mol. The lowest BCUT2D eigenvalue weighted by atomic mass is 10.3. The van der Waals surface area contributed by atoms with E-state index in [1.165, 1.54) is 17.1 Å². The first-order valence-corrected chi connectivity index (χ1v) is 7.62. The molecule has 0 amide bonds. The average Bonchev–Trinajstić information content (AvgIpc) is 3.20. The Balaban J connectivity index is 2.06. The first-order valence-electron chi connectivity index (χ1n) is 6.18. The molecule has 18 heavy (non-hydrogen) atoms. The van der Waals surface area contributed by atoms with Gasteiger partial charge in [0.1, 0.15) is 0 Å². The Morgan fingerprint density at radius 3 is 2.67 bits per heavy atom. The van der Waals surface area contributed by atoms with Gasteiger partial charge in [0.15, 0.2) is 5.03 Å². The second-order valence-corrected chi connectivity index (χ2v) is 6.57. The van der Waals surface area contributed by atoms with Gasteiger partial charge in [0.2, 0.25) is 0 Å². The number of hydrogen-bond donors (Lipinski definition) is 1. The van der Waals surface area contributed by atoms with Gasteiger partial charge in [0, 0.05) is 32.4 Å². The van der Waals surface area contributed by atoms with Crippen LogP contribution in [0.3, 0.4) is 0 Å². The average molecular weight is 269 g/mol. The summed E-state index contributed by atoms with van der Waals surface area (Å²) < 4.78 is 25.3. The van der Waals surface area contributed by atoms with Crippen molar-refractivity contribution in [3.63, 3.8) is 0 Å². The fourth-order valence-electron chi connectivity index (χ4n) is 1.55. The zero-order chi connectivity index (χ0) is 13.2. The number of pyridine rings is 1. The second-order valence-electron chi connectivity index (χ2n) is 4.58. The molecule has 0 spiro atoms. The van der Waals surface area contributed by atoms with Gasteiger partial charge in [-0.05, 0) is 24.5 Å². The number of hydrogen-bond acceptors (Lipinski definition) is 4. The Labute approximate surface area is 108 Å². The molecular formula is C12H19N3O2S. The fourth-order valence-corrected chi connectivity index (χ4v) is 2.63. The Morgan fingerprint density at radius 1 is 1.44 bits per heavy atom. The van der Waals surface area contributed by atoms with Crippen molar-refractivity contribution in [2.75, 3.05) is 13.6 Å². The molecule has 0 bridgehead atoms. The quantitative estimate of drug-likeness (QED) is 0.836. The van der Waals surface area contributed by atoms with E-state index in [2.05, 4.69) is 10.3 Å². The molecule has 2 rings (SSSR count). The van der Waals surface area contributed by atoms with Crippen LogP contribution in [0.15, 0.2) is 23.4 Å². The number of sulfonamides is 1. The third-order valence-corrected chi connectivity index (χ3v) is 4.94. The van der Waals surface area contributed by atoms with Crippen molar-refractivity contribution in [1.29, 1.82) is 0 Å². The lowest BCUT2D eigenvalue weighted by Gasteiger charge is -2.14. The van der Waals surface area contributed by atoms with Crippen LogP contribution < -0.4 is 5.32 Å². The predicted octanol–water partition coefficient (Wildman–Crippen LogP) is 0.974. The molecule has 1 aromatic rings. The summed E-state index contributed by atoms with van der Waals surface area (Å²) in [6.07, 6.45) is 4.11. The van der Waals surface area contributed by atoms with E-state index in [0.717, 1.165) is 12.1 Å². The standard InChI is InChI=1S/C12H19N3O2S/c1-3-15(2)18(16,17)12-7-4-10(9-14-12)8-13-11-5-6-11/h4,7,9,11,13H,3,5-6,8H2,1-2H3. The summed E-state index contributed by atoms with van der Waals surface area (Å²) in [5.41, 5.74) is 1.01. The van der Waals surface area contributed by atoms with E-state index in [1.807, 2.05) is 6.07 Å². The van der Waals surface area contributed by atoms with Crippen molar-refractivity contribution in [3.8, 4) is 0 Å². The molecule has 0 saturated heterocycles. The minimum Gasteiger partial charge on any atom is -0.310 e. The highest BCUT2D eigenvalue weighted by atomic mass is 32.2. The number of aromatic nitrogens is 1. The SMILES string of the molecule is CCN(C)S(=O)(=O)c1ccc(CNC2CC2)cn1. The molecule has 0 radical (unpaired) electrons. The smallest absolute Gasteiger partial charge is 0.260 e. The Kier molecular flexibility index (Phi) is 3.99. The number of rotatable bonds is 6. The van der Waals surface area contributed by atoms with Gasteiger partial charge in [-0.25, -0.2) is 13.4 Å². The normalized spacial score (nSPS) is 16.2. The van der Waals surface area contributed by atoms with Crippen LogP contribution in [0.4, 0.5) is 0 Å². The Bertz CT molecular complexity index is 495. The molecule has 5 nitrogen and oxygen atoms in total. The maximum absolute atomic E-state index is 12.0. The molecule has 1 saturated carbocycles. The van der Waals surface area contributed by atoms with Gasteiger partial charge in [-0.2, -0.15) is 4.31 Å². The molecule has 0 atom stereocenters. The minimum absolute atomic E-state index is 0.113. The summed E-state index contributed by atoms with van der Waals surface area (Å²) in [4.78, 5) is 4.05. The number of nitrogens with one attached hydrogen (secondary N) is 1. The molecule has 1 heterocycles. The summed E-state index contributed by atoms with van der Waals surface area (Å²) in [7, 11) is -1.87. The summed E-state index contributed by atoms with van der Waals surface area (Å²) in [5, 5.41) is 3.48. The van der Waals surface area contributed by atoms with Crippen LogP contribution in [-0.2, 0) is 16.6 Å². The van der Waals surface area contributed by atoms with E-state index in [4.69, 9.17) is 0 Å². The van der Waals surface area contributed by atoms with Gasteiger partial charge in [-0.3, -0.25) is 0 Å². The first kappa shape index (κ1) is 13.5. The Hall–Kier alpha value is -0.980. The van der Waals surface area contributed by atoms with Gasteiger partial charge >= 0.3 is 0 Å². The van der Waals surface area contributed by atoms with Crippen LogP contribution in [0.25, 0.3) is 0 Å². The summed E-state index contributed by atoms with van der Waals surface area (Å²) >= 11 is 0. The third kappa shape index (κ3) is 3.07. The van der Waals surface area contributed by atoms with E-state index in [0.29, 0.717) is 12.6 Å². The van der Waals surface area contributed by atoms with Crippen molar-refractivity contribution < 1.29 is 8.42 Å². The molecule has 1 aromatic heterocycles. The van der Waals surface area contributed by atoms with E-state index in [1.54, 1.807) is 26.2 Å². The molecule has 1 aliphatic carbocycles. The van der Waals surface area contributed by atoms with E-state index < -0.39 is 10.0 Å². The summed E-state index contributed by atoms with van der Waals surface area (Å²) in [6.45, 7) is 2.99. The molecule has 0 unspecified atom stereocenters. The van der Waals surface area contributed by atoms with Gasteiger partial charge in [-0.15, -0.1) is 0 Å². The highest BCUT2D eigenvalue weighted by Gasteiger charge is 2.21. The van der Waals surface area contributed by atoms with Crippen LogP contribution in [0, 0.1) is 0 Å². The van der Waals surface area contributed by atoms with Gasteiger partial charge < -0.3 is 5.32 Å². The molecule has 6 heteroatoms. The van der Waals surface area contributed by atoms with Gasteiger partial charge in [0.25, 0.3) is 10.0 Å². The second kappa shape index (κ2) is 5.34. The number of nitrogens with zero attached hydrogens (tertiary/aromatic N) is 2. The van der Waals surface area contributed by atoms with Gasteiger partial charge in [0.05, 0.1) is 0 Å². The van der Waals surface area contributed by atoms with E-state index in [-0.39, 0.29) is 5.03 Å². The van der Waals surface area contributed by atoms with Crippen LogP contribution in [0.2, 0.25) is 0 Å². The van der Waals surface area contributed by atoms with Crippen LogP contribution in [-0.4, -0.2) is 37.3 Å². The molecule has 1 fully saturated rings. The lowest BCUT2D eigenvalue weighted by molar-refractivity contribution is 0.483. The zero-order valence-electron chi connectivity index (χ0n) is 10.8. The van der Waals surface area contributed by atoms with Crippen molar-refractivity contribution in [1.82, 2.24) is 14.6 Å².